The molecule has 0 bridgehead atoms. The summed E-state index contributed by atoms with van der Waals surface area (Å²) in [7, 11) is 0. The summed E-state index contributed by atoms with van der Waals surface area (Å²) in [6.07, 6.45) is 6.48. The van der Waals surface area contributed by atoms with Crippen molar-refractivity contribution in [3.05, 3.63) is 58.3 Å². The maximum atomic E-state index is 12.6. The Morgan fingerprint density at radius 2 is 2.21 bits per heavy atom. The van der Waals surface area contributed by atoms with Crippen LogP contribution in [0.4, 0.5) is 5.69 Å². The first-order valence-electron chi connectivity index (χ1n) is 8.22. The Morgan fingerprint density at radius 3 is 3.00 bits per heavy atom. The number of aromatic nitrogens is 1. The van der Waals surface area contributed by atoms with E-state index in [0.29, 0.717) is 18.0 Å². The van der Waals surface area contributed by atoms with Crippen LogP contribution in [0.15, 0.2) is 46.6 Å². The molecule has 4 nitrogen and oxygen atoms in total. The Morgan fingerprint density at radius 1 is 1.29 bits per heavy atom. The van der Waals surface area contributed by atoms with E-state index in [0.717, 1.165) is 23.4 Å². The molecule has 3 heterocycles. The molecule has 24 heavy (non-hydrogen) atoms. The number of anilines is 1. The van der Waals surface area contributed by atoms with Gasteiger partial charge in [-0.3, -0.25) is 4.79 Å². The zero-order valence-corrected chi connectivity index (χ0v) is 13.9. The highest BCUT2D eigenvalue weighted by Gasteiger charge is 2.28. The maximum absolute atomic E-state index is 12.6. The number of hydrogen-bond donors (Lipinski definition) is 0. The van der Waals surface area contributed by atoms with Crippen LogP contribution in [0.1, 0.15) is 39.7 Å². The van der Waals surface area contributed by atoms with Crippen molar-refractivity contribution in [1.29, 1.82) is 0 Å². The Hall–Kier alpha value is -2.40. The standard InChI is InChI=1S/C19H16N2O2S/c22-19(15-6-8-23-10-15)21-7-5-14-9-13(3-4-17(14)21)16-11-24-18(20-16)12-1-2-12/h3-4,6,8-12H,1-2,5,7H2. The van der Waals surface area contributed by atoms with Crippen molar-refractivity contribution in [2.45, 2.75) is 25.2 Å². The zero-order valence-electron chi connectivity index (χ0n) is 13.1. The summed E-state index contributed by atoms with van der Waals surface area (Å²) in [5.41, 5.74) is 5.02. The number of nitrogens with zero attached hydrogens (tertiary/aromatic N) is 2. The molecule has 1 saturated carbocycles. The van der Waals surface area contributed by atoms with Gasteiger partial charge in [0.2, 0.25) is 0 Å². The summed E-state index contributed by atoms with van der Waals surface area (Å²) in [5, 5.41) is 3.42. The zero-order chi connectivity index (χ0) is 16.1. The minimum absolute atomic E-state index is 0.0000667. The Balaban J connectivity index is 1.45. The highest BCUT2D eigenvalue weighted by Crippen LogP contribution is 2.43. The van der Waals surface area contributed by atoms with Crippen LogP contribution in [0, 0.1) is 0 Å². The Labute approximate surface area is 143 Å². The van der Waals surface area contributed by atoms with Crippen LogP contribution < -0.4 is 4.90 Å². The van der Waals surface area contributed by atoms with E-state index in [1.54, 1.807) is 17.4 Å². The van der Waals surface area contributed by atoms with Gasteiger partial charge in [-0.15, -0.1) is 11.3 Å². The molecule has 1 aliphatic heterocycles. The molecule has 2 aliphatic rings. The molecule has 0 saturated heterocycles. The number of thiazole rings is 1. The molecule has 120 valence electrons. The van der Waals surface area contributed by atoms with Gasteiger partial charge < -0.3 is 9.32 Å². The van der Waals surface area contributed by atoms with Crippen molar-refractivity contribution in [2.24, 2.45) is 0 Å². The molecule has 3 aromatic rings. The van der Waals surface area contributed by atoms with Crippen LogP contribution >= 0.6 is 11.3 Å². The number of benzene rings is 1. The van der Waals surface area contributed by atoms with Gasteiger partial charge in [0, 0.05) is 29.1 Å². The number of carbonyl (C=O) groups excluding carboxylic acids is 1. The summed E-state index contributed by atoms with van der Waals surface area (Å²) >= 11 is 1.77. The van der Waals surface area contributed by atoms with Crippen LogP contribution in [-0.2, 0) is 6.42 Å². The first-order valence-corrected chi connectivity index (χ1v) is 9.10. The first-order chi connectivity index (χ1) is 11.8. The van der Waals surface area contributed by atoms with E-state index in [4.69, 9.17) is 9.40 Å². The third-order valence-corrected chi connectivity index (χ3v) is 5.74. The molecule has 1 amide bonds. The van der Waals surface area contributed by atoms with Gasteiger partial charge in [-0.1, -0.05) is 6.07 Å². The van der Waals surface area contributed by atoms with Crippen molar-refractivity contribution < 1.29 is 9.21 Å². The SMILES string of the molecule is O=C(c1ccoc1)N1CCc2cc(-c3csc(C4CC4)n3)ccc21. The van der Waals surface area contributed by atoms with E-state index in [2.05, 4.69) is 17.5 Å². The average Bonchev–Trinajstić information content (AvgIpc) is 3.07. The minimum Gasteiger partial charge on any atom is -0.472 e. The smallest absolute Gasteiger partial charge is 0.261 e. The van der Waals surface area contributed by atoms with Gasteiger partial charge in [-0.05, 0) is 43.0 Å². The lowest BCUT2D eigenvalue weighted by Crippen LogP contribution is -2.28. The third kappa shape index (κ3) is 2.27. The molecular weight excluding hydrogens is 320 g/mol. The fraction of sp³-hybridized carbons (Fsp3) is 0.263. The number of fused-ring (bicyclic) bond motifs is 1. The van der Waals surface area contributed by atoms with Gasteiger partial charge in [0.05, 0.1) is 22.5 Å². The van der Waals surface area contributed by atoms with Crippen LogP contribution in [0.2, 0.25) is 0 Å². The van der Waals surface area contributed by atoms with E-state index >= 15 is 0 Å². The summed E-state index contributed by atoms with van der Waals surface area (Å²) < 4.78 is 5.03. The molecule has 5 rings (SSSR count). The molecule has 0 unspecified atom stereocenters. The second-order valence-electron chi connectivity index (χ2n) is 6.41. The summed E-state index contributed by atoms with van der Waals surface area (Å²) in [5.74, 6) is 0.696. The van der Waals surface area contributed by atoms with Crippen molar-refractivity contribution >= 4 is 22.9 Å². The maximum Gasteiger partial charge on any atom is 0.261 e. The Bertz CT molecular complexity index is 909. The summed E-state index contributed by atoms with van der Waals surface area (Å²) in [6, 6.07) is 8.02. The van der Waals surface area contributed by atoms with Crippen molar-refractivity contribution in [1.82, 2.24) is 4.98 Å². The topological polar surface area (TPSA) is 46.3 Å². The summed E-state index contributed by atoms with van der Waals surface area (Å²) in [6.45, 7) is 0.715. The predicted octanol–water partition coefficient (Wildman–Crippen LogP) is 4.48. The lowest BCUT2D eigenvalue weighted by molar-refractivity contribution is 0.0989. The van der Waals surface area contributed by atoms with E-state index in [1.807, 2.05) is 11.0 Å². The van der Waals surface area contributed by atoms with Crippen molar-refractivity contribution in [3.63, 3.8) is 0 Å². The largest absolute Gasteiger partial charge is 0.472 e. The number of furan rings is 1. The fourth-order valence-corrected chi connectivity index (χ4v) is 4.25. The van der Waals surface area contributed by atoms with E-state index in [-0.39, 0.29) is 5.91 Å². The number of amides is 1. The van der Waals surface area contributed by atoms with Gasteiger partial charge in [-0.2, -0.15) is 0 Å². The number of hydrogen-bond acceptors (Lipinski definition) is 4. The van der Waals surface area contributed by atoms with Gasteiger partial charge in [0.25, 0.3) is 5.91 Å². The van der Waals surface area contributed by atoms with E-state index in [9.17, 15) is 4.79 Å². The molecular formula is C19H16N2O2S. The highest BCUT2D eigenvalue weighted by atomic mass is 32.1. The van der Waals surface area contributed by atoms with Crippen molar-refractivity contribution in [3.8, 4) is 11.3 Å². The molecule has 0 radical (unpaired) electrons. The quantitative estimate of drug-likeness (QED) is 0.708. The van der Waals surface area contributed by atoms with Gasteiger partial charge >= 0.3 is 0 Å². The lowest BCUT2D eigenvalue weighted by atomic mass is 10.1. The second-order valence-corrected chi connectivity index (χ2v) is 7.30. The first kappa shape index (κ1) is 14.0. The Kier molecular flexibility index (Phi) is 3.10. The molecule has 0 N–H and O–H groups in total. The van der Waals surface area contributed by atoms with Crippen LogP contribution in [-0.4, -0.2) is 17.4 Å². The highest BCUT2D eigenvalue weighted by molar-refractivity contribution is 7.10. The van der Waals surface area contributed by atoms with Gasteiger partial charge in [-0.25, -0.2) is 4.98 Å². The molecule has 0 spiro atoms. The van der Waals surface area contributed by atoms with Gasteiger partial charge in [0.1, 0.15) is 6.26 Å². The van der Waals surface area contributed by atoms with E-state index < -0.39 is 0 Å². The third-order valence-electron chi connectivity index (χ3n) is 4.73. The van der Waals surface area contributed by atoms with Crippen LogP contribution in [0.25, 0.3) is 11.3 Å². The monoisotopic (exact) mass is 336 g/mol. The molecule has 1 aliphatic carbocycles. The molecule has 2 aromatic heterocycles. The molecule has 1 fully saturated rings. The molecule has 5 heteroatoms. The minimum atomic E-state index is -0.0000667. The lowest BCUT2D eigenvalue weighted by Gasteiger charge is -2.16. The van der Waals surface area contributed by atoms with Crippen LogP contribution in [0.5, 0.6) is 0 Å². The number of rotatable bonds is 3. The normalized spacial score (nSPS) is 16.4. The predicted molar refractivity (Wildman–Crippen MR) is 93.6 cm³/mol. The molecule has 1 aromatic carbocycles. The molecule has 0 atom stereocenters. The van der Waals surface area contributed by atoms with Crippen LogP contribution in [0.3, 0.4) is 0 Å². The fourth-order valence-electron chi connectivity index (χ4n) is 3.25. The summed E-state index contributed by atoms with van der Waals surface area (Å²) in [4.78, 5) is 19.2. The number of carbonyl (C=O) groups is 1. The average molecular weight is 336 g/mol. The van der Waals surface area contributed by atoms with Gasteiger partial charge in [0.15, 0.2) is 0 Å². The van der Waals surface area contributed by atoms with E-state index in [1.165, 1.54) is 35.9 Å². The second kappa shape index (κ2) is 5.31. The van der Waals surface area contributed by atoms with Crippen molar-refractivity contribution in [2.75, 3.05) is 11.4 Å².